The van der Waals surface area contributed by atoms with Gasteiger partial charge in [0, 0.05) is 38.3 Å². The molecule has 1 N–H and O–H groups in total. The topological polar surface area (TPSA) is 50.2 Å². The Morgan fingerprint density at radius 2 is 2.35 bits per heavy atom. The summed E-state index contributed by atoms with van der Waals surface area (Å²) in [5, 5.41) is 11.8. The lowest BCUT2D eigenvalue weighted by molar-refractivity contribution is -0.124. The standard InChI is InChI=1S/C17H24N4OS/c1-13(2)17(22)18-6-3-15-10-20(9-14-5-8-23-12-14)11-16-4-7-19-21(15)16/h4-5,7-8,12-13,15H,3,6,9-11H2,1-2H3,(H,18,22)/t15-/m0/s1. The summed E-state index contributed by atoms with van der Waals surface area (Å²) in [6, 6.07) is 4.60. The molecule has 124 valence electrons. The van der Waals surface area contributed by atoms with Crippen molar-refractivity contribution in [2.45, 2.75) is 39.4 Å². The Bertz CT molecular complexity index is 635. The maximum absolute atomic E-state index is 11.7. The molecule has 0 saturated heterocycles. The van der Waals surface area contributed by atoms with Gasteiger partial charge in [-0.25, -0.2) is 0 Å². The molecule has 1 aliphatic heterocycles. The van der Waals surface area contributed by atoms with Crippen molar-refractivity contribution < 1.29 is 4.79 Å². The number of fused-ring (bicyclic) bond motifs is 1. The van der Waals surface area contributed by atoms with Crippen LogP contribution in [-0.4, -0.2) is 33.7 Å². The predicted molar refractivity (Wildman–Crippen MR) is 92.2 cm³/mol. The molecule has 0 saturated carbocycles. The van der Waals surface area contributed by atoms with Gasteiger partial charge in [-0.1, -0.05) is 13.8 Å². The van der Waals surface area contributed by atoms with E-state index in [-0.39, 0.29) is 11.8 Å². The molecule has 0 bridgehead atoms. The molecule has 3 rings (SSSR count). The third-order valence-electron chi connectivity index (χ3n) is 4.24. The molecular weight excluding hydrogens is 308 g/mol. The molecule has 3 heterocycles. The molecule has 2 aromatic heterocycles. The van der Waals surface area contributed by atoms with Gasteiger partial charge in [0.1, 0.15) is 0 Å². The van der Waals surface area contributed by atoms with Crippen LogP contribution in [0.5, 0.6) is 0 Å². The molecule has 0 fully saturated rings. The highest BCUT2D eigenvalue weighted by Crippen LogP contribution is 2.24. The summed E-state index contributed by atoms with van der Waals surface area (Å²) in [5.74, 6) is 0.160. The van der Waals surface area contributed by atoms with Gasteiger partial charge in [-0.3, -0.25) is 14.4 Å². The summed E-state index contributed by atoms with van der Waals surface area (Å²) in [4.78, 5) is 14.2. The number of carbonyl (C=O) groups is 1. The summed E-state index contributed by atoms with van der Waals surface area (Å²) in [5.41, 5.74) is 2.63. The van der Waals surface area contributed by atoms with Crippen LogP contribution in [0.25, 0.3) is 0 Å². The Morgan fingerprint density at radius 1 is 1.48 bits per heavy atom. The van der Waals surface area contributed by atoms with Gasteiger partial charge in [0.2, 0.25) is 5.91 Å². The molecule has 0 unspecified atom stereocenters. The zero-order valence-electron chi connectivity index (χ0n) is 13.7. The number of rotatable bonds is 6. The Morgan fingerprint density at radius 3 is 3.09 bits per heavy atom. The van der Waals surface area contributed by atoms with Gasteiger partial charge in [0.15, 0.2) is 0 Å². The minimum Gasteiger partial charge on any atom is -0.356 e. The summed E-state index contributed by atoms with van der Waals surface area (Å²) >= 11 is 1.74. The minimum atomic E-state index is 0.0386. The number of hydrogen-bond donors (Lipinski definition) is 1. The van der Waals surface area contributed by atoms with Crippen molar-refractivity contribution >= 4 is 17.2 Å². The van der Waals surface area contributed by atoms with E-state index in [0.29, 0.717) is 12.6 Å². The van der Waals surface area contributed by atoms with Crippen molar-refractivity contribution in [1.29, 1.82) is 0 Å². The second kappa shape index (κ2) is 7.27. The zero-order valence-corrected chi connectivity index (χ0v) is 14.6. The van der Waals surface area contributed by atoms with Crippen molar-refractivity contribution in [3.05, 3.63) is 40.3 Å². The van der Waals surface area contributed by atoms with Crippen LogP contribution >= 0.6 is 11.3 Å². The molecule has 5 nitrogen and oxygen atoms in total. The number of nitrogens with one attached hydrogen (secondary N) is 1. The summed E-state index contributed by atoms with van der Waals surface area (Å²) in [7, 11) is 0. The van der Waals surface area contributed by atoms with Gasteiger partial charge < -0.3 is 5.32 Å². The summed E-state index contributed by atoms with van der Waals surface area (Å²) in [6.45, 7) is 7.43. The minimum absolute atomic E-state index is 0.0386. The van der Waals surface area contributed by atoms with E-state index in [0.717, 1.165) is 26.1 Å². The molecule has 1 atom stereocenters. The number of aromatic nitrogens is 2. The second-order valence-corrected chi connectivity index (χ2v) is 7.24. The molecule has 0 aliphatic carbocycles. The molecule has 23 heavy (non-hydrogen) atoms. The molecule has 2 aromatic rings. The van der Waals surface area contributed by atoms with Gasteiger partial charge in [0.05, 0.1) is 11.7 Å². The van der Waals surface area contributed by atoms with E-state index in [1.54, 1.807) is 11.3 Å². The van der Waals surface area contributed by atoms with Crippen LogP contribution in [0.2, 0.25) is 0 Å². The number of carbonyl (C=O) groups excluding carboxylic acids is 1. The molecule has 6 heteroatoms. The van der Waals surface area contributed by atoms with Gasteiger partial charge in [-0.2, -0.15) is 16.4 Å². The quantitative estimate of drug-likeness (QED) is 0.885. The average Bonchev–Trinajstić information content (AvgIpc) is 3.18. The lowest BCUT2D eigenvalue weighted by Crippen LogP contribution is -2.39. The first-order chi connectivity index (χ1) is 11.1. The highest BCUT2D eigenvalue weighted by Gasteiger charge is 2.25. The first-order valence-corrected chi connectivity index (χ1v) is 9.11. The van der Waals surface area contributed by atoms with Crippen molar-refractivity contribution in [2.75, 3.05) is 13.1 Å². The van der Waals surface area contributed by atoms with E-state index in [4.69, 9.17) is 0 Å². The maximum Gasteiger partial charge on any atom is 0.222 e. The Hall–Kier alpha value is -1.66. The number of thiophene rings is 1. The third kappa shape index (κ3) is 4.00. The fourth-order valence-corrected chi connectivity index (χ4v) is 3.67. The van der Waals surface area contributed by atoms with Crippen molar-refractivity contribution in [3.63, 3.8) is 0 Å². The van der Waals surface area contributed by atoms with Crippen molar-refractivity contribution in [1.82, 2.24) is 20.0 Å². The van der Waals surface area contributed by atoms with E-state index in [1.807, 2.05) is 20.0 Å². The highest BCUT2D eigenvalue weighted by atomic mass is 32.1. The van der Waals surface area contributed by atoms with Gasteiger partial charge in [0.25, 0.3) is 0 Å². The van der Waals surface area contributed by atoms with Crippen LogP contribution in [0.15, 0.2) is 29.1 Å². The van der Waals surface area contributed by atoms with E-state index in [1.165, 1.54) is 11.3 Å². The fourth-order valence-electron chi connectivity index (χ4n) is 3.01. The Labute approximate surface area is 141 Å². The van der Waals surface area contributed by atoms with Crippen LogP contribution in [-0.2, 0) is 17.9 Å². The smallest absolute Gasteiger partial charge is 0.222 e. The van der Waals surface area contributed by atoms with Crippen molar-refractivity contribution in [2.24, 2.45) is 5.92 Å². The van der Waals surface area contributed by atoms with E-state index in [9.17, 15) is 4.79 Å². The van der Waals surface area contributed by atoms with Crippen LogP contribution < -0.4 is 5.32 Å². The maximum atomic E-state index is 11.7. The van der Waals surface area contributed by atoms with Gasteiger partial charge in [-0.15, -0.1) is 0 Å². The van der Waals surface area contributed by atoms with E-state index >= 15 is 0 Å². The second-order valence-electron chi connectivity index (χ2n) is 6.46. The van der Waals surface area contributed by atoms with E-state index in [2.05, 4.69) is 42.9 Å². The molecular formula is C17H24N4OS. The van der Waals surface area contributed by atoms with Crippen LogP contribution in [0.4, 0.5) is 0 Å². The number of hydrogen-bond acceptors (Lipinski definition) is 4. The molecule has 1 aliphatic rings. The summed E-state index contributed by atoms with van der Waals surface area (Å²) in [6.07, 6.45) is 2.79. The number of amides is 1. The normalized spacial score (nSPS) is 18.1. The van der Waals surface area contributed by atoms with Gasteiger partial charge in [-0.05, 0) is 34.9 Å². The first kappa shape index (κ1) is 16.2. The monoisotopic (exact) mass is 332 g/mol. The highest BCUT2D eigenvalue weighted by molar-refractivity contribution is 7.07. The first-order valence-electron chi connectivity index (χ1n) is 8.17. The van der Waals surface area contributed by atoms with Crippen LogP contribution in [0.1, 0.15) is 37.6 Å². The van der Waals surface area contributed by atoms with Crippen molar-refractivity contribution in [3.8, 4) is 0 Å². The SMILES string of the molecule is CC(C)C(=O)NCC[C@H]1CN(Cc2ccsc2)Cc2ccnn21. The van der Waals surface area contributed by atoms with Gasteiger partial charge >= 0.3 is 0 Å². The van der Waals surface area contributed by atoms with Crippen LogP contribution in [0.3, 0.4) is 0 Å². The molecule has 0 aromatic carbocycles. The zero-order chi connectivity index (χ0) is 16.2. The van der Waals surface area contributed by atoms with Crippen LogP contribution in [0, 0.1) is 5.92 Å². The molecule has 1 amide bonds. The number of nitrogens with zero attached hydrogens (tertiary/aromatic N) is 3. The average molecular weight is 332 g/mol. The fraction of sp³-hybridized carbons (Fsp3) is 0.529. The predicted octanol–water partition coefficient (Wildman–Crippen LogP) is 2.66. The molecule has 0 radical (unpaired) electrons. The lowest BCUT2D eigenvalue weighted by Gasteiger charge is -2.34. The molecule has 0 spiro atoms. The Balaban J connectivity index is 1.61. The summed E-state index contributed by atoms with van der Waals surface area (Å²) < 4.78 is 2.13. The Kier molecular flexibility index (Phi) is 5.13. The largest absolute Gasteiger partial charge is 0.356 e. The third-order valence-corrected chi connectivity index (χ3v) is 4.97. The van der Waals surface area contributed by atoms with E-state index < -0.39 is 0 Å². The lowest BCUT2D eigenvalue weighted by atomic mass is 10.1.